The second-order valence-electron chi connectivity index (χ2n) is 11.0. The van der Waals surface area contributed by atoms with Crippen molar-refractivity contribution in [3.8, 4) is 16.8 Å². The van der Waals surface area contributed by atoms with E-state index < -0.39 is 0 Å². The van der Waals surface area contributed by atoms with Crippen LogP contribution >= 0.6 is 0 Å². The molecule has 5 heterocycles. The van der Waals surface area contributed by atoms with Gasteiger partial charge in [-0.2, -0.15) is 0 Å². The van der Waals surface area contributed by atoms with Gasteiger partial charge in [0.2, 0.25) is 0 Å². The fourth-order valence-electron chi connectivity index (χ4n) is 7.07. The van der Waals surface area contributed by atoms with Crippen LogP contribution in [0.25, 0.3) is 77.1 Å². The number of benzene rings is 4. The summed E-state index contributed by atoms with van der Waals surface area (Å²) in [7, 11) is 0. The topological polar surface area (TPSA) is 48.0 Å². The molecule has 5 aromatic heterocycles. The molecule has 0 atom stereocenters. The summed E-state index contributed by atoms with van der Waals surface area (Å²) in [6.07, 6.45) is 6.62. The van der Waals surface area contributed by atoms with Crippen LogP contribution in [0.15, 0.2) is 116 Å². The van der Waals surface area contributed by atoms with Gasteiger partial charge in [0.25, 0.3) is 0 Å². The van der Waals surface area contributed by atoms with Gasteiger partial charge in [-0.3, -0.25) is 9.38 Å². The van der Waals surface area contributed by atoms with Gasteiger partial charge in [0.15, 0.2) is 5.65 Å². The number of aromatic nitrogens is 5. The predicted octanol–water partition coefficient (Wildman–Crippen LogP) is 8.25. The zero-order valence-electron chi connectivity index (χ0n) is 21.9. The highest BCUT2D eigenvalue weighted by Crippen LogP contribution is 2.44. The number of pyridine rings is 3. The van der Waals surface area contributed by atoms with Gasteiger partial charge in [0.1, 0.15) is 11.2 Å². The van der Waals surface area contributed by atoms with Crippen molar-refractivity contribution < 1.29 is 0 Å². The lowest BCUT2D eigenvalue weighted by molar-refractivity contribution is 1.18. The number of para-hydroxylation sites is 1. The third-order valence-corrected chi connectivity index (χ3v) is 8.82. The van der Waals surface area contributed by atoms with Gasteiger partial charge in [-0.1, -0.05) is 42.5 Å². The molecule has 0 N–H and O–H groups in total. The summed E-state index contributed by atoms with van der Waals surface area (Å²) < 4.78 is 4.60. The minimum atomic E-state index is 0.864. The molecule has 0 spiro atoms. The molecule has 0 fully saturated rings. The van der Waals surface area contributed by atoms with Gasteiger partial charge in [-0.05, 0) is 88.7 Å². The minimum Gasteiger partial charge on any atom is -0.309 e. The standard InChI is InChI=1S/C36H21N5/c1-2-8-23(9-3-1)40-33-18-25-22(15-21-7-4-5-10-24(21)25)16-27(33)28-17-29-26(19-34(28)40)30-20-37-14-12-32(30)41-35(29)39-31-11-6-13-38-36(31)41/h1-14,16-20H,15H2. The maximum Gasteiger partial charge on any atom is 0.164 e. The van der Waals surface area contributed by atoms with Crippen molar-refractivity contribution in [2.45, 2.75) is 6.42 Å². The molecule has 0 aliphatic heterocycles. The zero-order chi connectivity index (χ0) is 26.7. The van der Waals surface area contributed by atoms with Crippen LogP contribution in [0.4, 0.5) is 0 Å². The molecule has 0 unspecified atom stereocenters. The first-order chi connectivity index (χ1) is 20.3. The summed E-state index contributed by atoms with van der Waals surface area (Å²) in [4.78, 5) is 14.4. The summed E-state index contributed by atoms with van der Waals surface area (Å²) in [6, 6.07) is 35.0. The normalized spacial score (nSPS) is 12.8. The average Bonchev–Trinajstić information content (AvgIpc) is 3.69. The monoisotopic (exact) mass is 523 g/mol. The molecule has 9 aromatic rings. The molecule has 5 nitrogen and oxygen atoms in total. The van der Waals surface area contributed by atoms with Crippen LogP contribution in [-0.2, 0) is 6.42 Å². The summed E-state index contributed by atoms with van der Waals surface area (Å²) in [6.45, 7) is 0. The SMILES string of the molecule is c1ccc(-n2c3cc4c(cc3c3cc5c(cc32)c2cnccc2n2c3ncccc3nc52)Cc2ccccc2-4)cc1. The molecule has 0 amide bonds. The van der Waals surface area contributed by atoms with Gasteiger partial charge in [0, 0.05) is 45.8 Å². The van der Waals surface area contributed by atoms with Crippen molar-refractivity contribution in [2.75, 3.05) is 0 Å². The van der Waals surface area contributed by atoms with E-state index in [2.05, 4.69) is 98.9 Å². The predicted molar refractivity (Wildman–Crippen MR) is 166 cm³/mol. The molecule has 190 valence electrons. The smallest absolute Gasteiger partial charge is 0.164 e. The van der Waals surface area contributed by atoms with Crippen LogP contribution < -0.4 is 0 Å². The minimum absolute atomic E-state index is 0.864. The van der Waals surface area contributed by atoms with Crippen molar-refractivity contribution in [2.24, 2.45) is 0 Å². The lowest BCUT2D eigenvalue weighted by Crippen LogP contribution is -1.95. The summed E-state index contributed by atoms with van der Waals surface area (Å²) in [5.41, 5.74) is 12.7. The Labute approximate surface area is 234 Å². The first kappa shape index (κ1) is 21.3. The number of hydrogen-bond acceptors (Lipinski definition) is 3. The average molecular weight is 524 g/mol. The Kier molecular flexibility index (Phi) is 3.92. The van der Waals surface area contributed by atoms with Crippen LogP contribution in [0.3, 0.4) is 0 Å². The number of fused-ring (bicyclic) bond motifs is 14. The van der Waals surface area contributed by atoms with E-state index in [0.29, 0.717) is 0 Å². The summed E-state index contributed by atoms with van der Waals surface area (Å²) >= 11 is 0. The largest absolute Gasteiger partial charge is 0.309 e. The quantitative estimate of drug-likeness (QED) is 0.204. The first-order valence-electron chi connectivity index (χ1n) is 13.9. The maximum atomic E-state index is 5.10. The van der Waals surface area contributed by atoms with Gasteiger partial charge in [-0.15, -0.1) is 0 Å². The Morgan fingerprint density at radius 1 is 0.561 bits per heavy atom. The van der Waals surface area contributed by atoms with E-state index in [4.69, 9.17) is 9.97 Å². The van der Waals surface area contributed by atoms with Crippen molar-refractivity contribution in [1.29, 1.82) is 0 Å². The lowest BCUT2D eigenvalue weighted by Gasteiger charge is -2.11. The van der Waals surface area contributed by atoms with E-state index in [9.17, 15) is 0 Å². The van der Waals surface area contributed by atoms with Gasteiger partial charge >= 0.3 is 0 Å². The molecule has 0 radical (unpaired) electrons. The van der Waals surface area contributed by atoms with E-state index in [-0.39, 0.29) is 0 Å². The Hall–Kier alpha value is -5.55. The second kappa shape index (κ2) is 7.55. The number of hydrogen-bond donors (Lipinski definition) is 0. The molecule has 10 rings (SSSR count). The molecule has 5 heteroatoms. The molecule has 0 saturated carbocycles. The second-order valence-corrected chi connectivity index (χ2v) is 11.0. The Morgan fingerprint density at radius 3 is 2.37 bits per heavy atom. The molecule has 0 bridgehead atoms. The lowest BCUT2D eigenvalue weighted by atomic mass is 10.0. The van der Waals surface area contributed by atoms with Crippen LogP contribution in [0.5, 0.6) is 0 Å². The molecular formula is C36H21N5. The van der Waals surface area contributed by atoms with Crippen molar-refractivity contribution in [3.05, 3.63) is 127 Å². The van der Waals surface area contributed by atoms with E-state index in [1.807, 2.05) is 30.7 Å². The molecule has 4 aromatic carbocycles. The number of nitrogens with zero attached hydrogens (tertiary/aromatic N) is 5. The van der Waals surface area contributed by atoms with Crippen LogP contribution in [0.2, 0.25) is 0 Å². The molecule has 1 aliphatic carbocycles. The Balaban J connectivity index is 1.43. The maximum absolute atomic E-state index is 5.10. The van der Waals surface area contributed by atoms with E-state index in [1.54, 1.807) is 0 Å². The molecular weight excluding hydrogens is 502 g/mol. The molecule has 41 heavy (non-hydrogen) atoms. The van der Waals surface area contributed by atoms with Gasteiger partial charge < -0.3 is 4.57 Å². The summed E-state index contributed by atoms with van der Waals surface area (Å²) in [5.74, 6) is 0. The fourth-order valence-corrected chi connectivity index (χ4v) is 7.07. The molecule has 1 aliphatic rings. The highest BCUT2D eigenvalue weighted by Gasteiger charge is 2.23. The Morgan fingerprint density at radius 2 is 1.41 bits per heavy atom. The van der Waals surface area contributed by atoms with Gasteiger partial charge in [0.05, 0.1) is 16.6 Å². The zero-order valence-corrected chi connectivity index (χ0v) is 21.9. The van der Waals surface area contributed by atoms with Crippen molar-refractivity contribution >= 4 is 60.3 Å². The highest BCUT2D eigenvalue weighted by atomic mass is 15.1. The third-order valence-electron chi connectivity index (χ3n) is 8.82. The van der Waals surface area contributed by atoms with Crippen molar-refractivity contribution in [3.63, 3.8) is 0 Å². The van der Waals surface area contributed by atoms with Crippen LogP contribution in [-0.4, -0.2) is 23.9 Å². The summed E-state index contributed by atoms with van der Waals surface area (Å²) in [5, 5.41) is 5.81. The van der Waals surface area contributed by atoms with Crippen LogP contribution in [0.1, 0.15) is 11.1 Å². The van der Waals surface area contributed by atoms with Crippen LogP contribution in [0, 0.1) is 0 Å². The van der Waals surface area contributed by atoms with E-state index >= 15 is 0 Å². The molecule has 0 saturated heterocycles. The fraction of sp³-hybridized carbons (Fsp3) is 0.0278. The highest BCUT2D eigenvalue weighted by molar-refractivity contribution is 6.21. The van der Waals surface area contributed by atoms with E-state index in [0.717, 1.165) is 50.6 Å². The Bertz CT molecular complexity index is 2550. The van der Waals surface area contributed by atoms with Gasteiger partial charge in [-0.25, -0.2) is 9.97 Å². The third kappa shape index (κ3) is 2.72. The van der Waals surface area contributed by atoms with E-state index in [1.165, 1.54) is 44.1 Å². The number of rotatable bonds is 1. The van der Waals surface area contributed by atoms with Crippen molar-refractivity contribution in [1.82, 2.24) is 23.9 Å². The number of imidazole rings is 1. The first-order valence-corrected chi connectivity index (χ1v) is 13.9.